The van der Waals surface area contributed by atoms with E-state index in [9.17, 15) is 0 Å². The Labute approximate surface area is 104 Å². The van der Waals surface area contributed by atoms with E-state index < -0.39 is 0 Å². The number of hydrogen-bond acceptors (Lipinski definition) is 2. The van der Waals surface area contributed by atoms with E-state index in [1.807, 2.05) is 0 Å². The Morgan fingerprint density at radius 2 is 1.82 bits per heavy atom. The lowest BCUT2D eigenvalue weighted by atomic mass is 9.85. The molecule has 3 heteroatoms. The van der Waals surface area contributed by atoms with Crippen LogP contribution in [0.4, 0.5) is 0 Å². The Bertz CT molecular complexity index is 314. The second-order valence-electron chi connectivity index (χ2n) is 5.57. The van der Waals surface area contributed by atoms with Gasteiger partial charge in [-0.25, -0.2) is 0 Å². The van der Waals surface area contributed by atoms with Crippen LogP contribution in [0.2, 0.25) is 0 Å². The number of nitrogens with one attached hydrogen (secondary N) is 1. The van der Waals surface area contributed by atoms with Crippen molar-refractivity contribution in [1.29, 1.82) is 0 Å². The van der Waals surface area contributed by atoms with E-state index in [1.165, 1.54) is 50.5 Å². The first kappa shape index (κ1) is 11.3. The minimum Gasteiger partial charge on any atom is -0.317 e. The van der Waals surface area contributed by atoms with Crippen molar-refractivity contribution in [3.05, 3.63) is 18.0 Å². The minimum absolute atomic E-state index is 0.633. The fraction of sp³-hybridized carbons (Fsp3) is 0.786. The van der Waals surface area contributed by atoms with E-state index in [2.05, 4.69) is 27.5 Å². The average molecular weight is 233 g/mol. The van der Waals surface area contributed by atoms with Crippen LogP contribution in [-0.4, -0.2) is 22.9 Å². The van der Waals surface area contributed by atoms with Gasteiger partial charge in [-0.05, 0) is 50.3 Å². The standard InChI is InChI=1S/C14H23N3/c1-2-4-12(5-3-1)13-10-16-17(11-13)14-6-8-15-9-7-14/h10-12,14-15H,1-9H2. The number of hydrogen-bond donors (Lipinski definition) is 1. The predicted octanol–water partition coefficient (Wildman–Crippen LogP) is 2.86. The maximum Gasteiger partial charge on any atom is 0.0543 e. The van der Waals surface area contributed by atoms with Crippen molar-refractivity contribution in [1.82, 2.24) is 15.1 Å². The van der Waals surface area contributed by atoms with E-state index in [1.54, 1.807) is 0 Å². The molecule has 17 heavy (non-hydrogen) atoms. The fourth-order valence-corrected chi connectivity index (χ4v) is 3.27. The van der Waals surface area contributed by atoms with Crippen LogP contribution in [-0.2, 0) is 0 Å². The molecule has 0 radical (unpaired) electrons. The highest BCUT2D eigenvalue weighted by Crippen LogP contribution is 2.33. The number of aromatic nitrogens is 2. The van der Waals surface area contributed by atoms with Crippen LogP contribution in [0.3, 0.4) is 0 Å². The maximum atomic E-state index is 4.60. The topological polar surface area (TPSA) is 29.9 Å². The van der Waals surface area contributed by atoms with Crippen molar-refractivity contribution in [2.45, 2.75) is 56.9 Å². The molecule has 1 N–H and O–H groups in total. The summed E-state index contributed by atoms with van der Waals surface area (Å²) in [5.74, 6) is 0.791. The highest BCUT2D eigenvalue weighted by Gasteiger charge is 2.20. The van der Waals surface area contributed by atoms with Crippen molar-refractivity contribution in [3.63, 3.8) is 0 Å². The molecular formula is C14H23N3. The zero-order valence-corrected chi connectivity index (χ0v) is 10.6. The van der Waals surface area contributed by atoms with E-state index in [0.29, 0.717) is 6.04 Å². The van der Waals surface area contributed by atoms with Crippen LogP contribution in [0, 0.1) is 0 Å². The van der Waals surface area contributed by atoms with E-state index in [4.69, 9.17) is 0 Å². The summed E-state index contributed by atoms with van der Waals surface area (Å²) in [4.78, 5) is 0. The summed E-state index contributed by atoms with van der Waals surface area (Å²) in [6, 6.07) is 0.633. The molecule has 2 aliphatic rings. The van der Waals surface area contributed by atoms with Gasteiger partial charge in [0.1, 0.15) is 0 Å². The van der Waals surface area contributed by atoms with Gasteiger partial charge in [-0.2, -0.15) is 5.10 Å². The van der Waals surface area contributed by atoms with Crippen molar-refractivity contribution in [2.75, 3.05) is 13.1 Å². The lowest BCUT2D eigenvalue weighted by Gasteiger charge is -2.23. The molecule has 1 saturated heterocycles. The maximum absolute atomic E-state index is 4.60. The monoisotopic (exact) mass is 233 g/mol. The molecule has 3 rings (SSSR count). The lowest BCUT2D eigenvalue weighted by molar-refractivity contribution is 0.342. The molecule has 0 spiro atoms. The highest BCUT2D eigenvalue weighted by atomic mass is 15.3. The molecule has 1 aliphatic carbocycles. The molecule has 1 aliphatic heterocycles. The molecule has 1 aromatic rings. The summed E-state index contributed by atoms with van der Waals surface area (Å²) in [5, 5.41) is 8.02. The fourth-order valence-electron chi connectivity index (χ4n) is 3.27. The lowest BCUT2D eigenvalue weighted by Crippen LogP contribution is -2.29. The third kappa shape index (κ3) is 2.54. The molecule has 0 atom stereocenters. The average Bonchev–Trinajstić information content (AvgIpc) is 2.90. The smallest absolute Gasteiger partial charge is 0.0543 e. The van der Waals surface area contributed by atoms with Gasteiger partial charge in [0, 0.05) is 6.20 Å². The molecule has 1 saturated carbocycles. The van der Waals surface area contributed by atoms with Crippen LogP contribution >= 0.6 is 0 Å². The molecule has 0 unspecified atom stereocenters. The highest BCUT2D eigenvalue weighted by molar-refractivity contribution is 5.12. The summed E-state index contributed by atoms with van der Waals surface area (Å²) in [5.41, 5.74) is 1.49. The molecule has 1 aromatic heterocycles. The normalized spacial score (nSPS) is 24.0. The van der Waals surface area contributed by atoms with Gasteiger partial charge in [-0.1, -0.05) is 19.3 Å². The van der Waals surface area contributed by atoms with Gasteiger partial charge in [-0.15, -0.1) is 0 Å². The largest absolute Gasteiger partial charge is 0.317 e. The van der Waals surface area contributed by atoms with Gasteiger partial charge in [0.05, 0.1) is 12.2 Å². The van der Waals surface area contributed by atoms with E-state index >= 15 is 0 Å². The van der Waals surface area contributed by atoms with Gasteiger partial charge in [0.15, 0.2) is 0 Å². The molecule has 94 valence electrons. The van der Waals surface area contributed by atoms with E-state index in [-0.39, 0.29) is 0 Å². The SMILES string of the molecule is c1nn(C2CCNCC2)cc1C1CCCCC1. The molecule has 0 bridgehead atoms. The van der Waals surface area contributed by atoms with Crippen molar-refractivity contribution >= 4 is 0 Å². The summed E-state index contributed by atoms with van der Waals surface area (Å²) in [7, 11) is 0. The van der Waals surface area contributed by atoms with Crippen LogP contribution in [0.5, 0.6) is 0 Å². The number of rotatable bonds is 2. The second-order valence-corrected chi connectivity index (χ2v) is 5.57. The molecule has 3 nitrogen and oxygen atoms in total. The summed E-state index contributed by atoms with van der Waals surface area (Å²) < 4.78 is 2.23. The van der Waals surface area contributed by atoms with Gasteiger partial charge in [0.2, 0.25) is 0 Å². The second kappa shape index (κ2) is 5.21. The van der Waals surface area contributed by atoms with Gasteiger partial charge in [-0.3, -0.25) is 4.68 Å². The molecular weight excluding hydrogens is 210 g/mol. The summed E-state index contributed by atoms with van der Waals surface area (Å²) >= 11 is 0. The first-order valence-corrected chi connectivity index (χ1v) is 7.18. The molecule has 2 fully saturated rings. The zero-order chi connectivity index (χ0) is 11.5. The van der Waals surface area contributed by atoms with Gasteiger partial charge >= 0.3 is 0 Å². The number of nitrogens with zero attached hydrogens (tertiary/aromatic N) is 2. The van der Waals surface area contributed by atoms with Gasteiger partial charge in [0.25, 0.3) is 0 Å². The van der Waals surface area contributed by atoms with Crippen molar-refractivity contribution in [3.8, 4) is 0 Å². The zero-order valence-electron chi connectivity index (χ0n) is 10.6. The molecule has 0 aromatic carbocycles. The first-order chi connectivity index (χ1) is 8.43. The summed E-state index contributed by atoms with van der Waals surface area (Å²) in [6.07, 6.45) is 13.9. The van der Waals surface area contributed by atoms with Crippen LogP contribution in [0.25, 0.3) is 0 Å². The molecule has 2 heterocycles. The quantitative estimate of drug-likeness (QED) is 0.851. The van der Waals surface area contributed by atoms with Crippen LogP contribution in [0.15, 0.2) is 12.4 Å². The van der Waals surface area contributed by atoms with Crippen LogP contribution < -0.4 is 5.32 Å². The Hall–Kier alpha value is -0.830. The Balaban J connectivity index is 1.68. The van der Waals surface area contributed by atoms with Crippen molar-refractivity contribution in [2.24, 2.45) is 0 Å². The molecule has 0 amide bonds. The third-order valence-electron chi connectivity index (χ3n) is 4.38. The predicted molar refractivity (Wildman–Crippen MR) is 69.2 cm³/mol. The Kier molecular flexibility index (Phi) is 3.46. The number of piperidine rings is 1. The van der Waals surface area contributed by atoms with Gasteiger partial charge < -0.3 is 5.32 Å². The van der Waals surface area contributed by atoms with Crippen LogP contribution in [0.1, 0.15) is 62.5 Å². The minimum atomic E-state index is 0.633. The Morgan fingerprint density at radius 3 is 2.59 bits per heavy atom. The third-order valence-corrected chi connectivity index (χ3v) is 4.38. The summed E-state index contributed by atoms with van der Waals surface area (Å²) in [6.45, 7) is 2.28. The van der Waals surface area contributed by atoms with E-state index in [0.717, 1.165) is 19.0 Å². The first-order valence-electron chi connectivity index (χ1n) is 7.18. The Morgan fingerprint density at radius 1 is 1.06 bits per heavy atom. The van der Waals surface area contributed by atoms with Crippen molar-refractivity contribution < 1.29 is 0 Å².